The maximum Gasteiger partial charge on any atom is 0.304 e. The molecule has 0 radical (unpaired) electrons. The zero-order valence-electron chi connectivity index (χ0n) is 11.2. The summed E-state index contributed by atoms with van der Waals surface area (Å²) in [5.41, 5.74) is 0.717. The van der Waals surface area contributed by atoms with Gasteiger partial charge in [-0.1, -0.05) is 0 Å². The molecule has 0 saturated carbocycles. The van der Waals surface area contributed by atoms with Crippen molar-refractivity contribution < 1.29 is 23.1 Å². The molecule has 7 nitrogen and oxygen atoms in total. The molecular formula is C12H16N2O5S. The fourth-order valence-corrected chi connectivity index (χ4v) is 2.43. The number of carbonyl (C=O) groups is 2. The average molecular weight is 300 g/mol. The molecule has 0 bridgehead atoms. The average Bonchev–Trinajstić information content (AvgIpc) is 2.36. The zero-order valence-corrected chi connectivity index (χ0v) is 12.0. The molecule has 110 valence electrons. The van der Waals surface area contributed by atoms with E-state index in [1.54, 1.807) is 14.1 Å². The van der Waals surface area contributed by atoms with Crippen molar-refractivity contribution in [3.05, 3.63) is 29.8 Å². The number of aliphatic carboxylic acids is 1. The molecule has 8 heteroatoms. The normalized spacial score (nSPS) is 10.9. The molecule has 1 rings (SSSR count). The molecule has 0 aliphatic heterocycles. The molecule has 1 aromatic rings. The Morgan fingerprint density at radius 3 is 2.20 bits per heavy atom. The first-order valence-electron chi connectivity index (χ1n) is 5.75. The van der Waals surface area contributed by atoms with Crippen LogP contribution < -0.4 is 4.72 Å². The second kappa shape index (κ2) is 6.38. The molecule has 2 N–H and O–H groups in total. The number of carboxylic acid groups (broad SMARTS) is 1. The standard InChI is InChI=1S/C12H16N2O5S/c1-14(2)12(17)9-3-5-10(6-4-9)13-20(18,19)8-7-11(15)16/h3-6,13H,7-8H2,1-2H3,(H,15,16). The third kappa shape index (κ3) is 4.88. The monoisotopic (exact) mass is 300 g/mol. The van der Waals surface area contributed by atoms with Crippen molar-refractivity contribution in [3.8, 4) is 0 Å². The highest BCUT2D eigenvalue weighted by Gasteiger charge is 2.13. The van der Waals surface area contributed by atoms with Crippen LogP contribution >= 0.6 is 0 Å². The highest BCUT2D eigenvalue weighted by Crippen LogP contribution is 2.12. The molecule has 0 aliphatic rings. The van der Waals surface area contributed by atoms with E-state index in [1.165, 1.54) is 29.2 Å². The van der Waals surface area contributed by atoms with E-state index in [0.717, 1.165) is 0 Å². The number of nitrogens with zero attached hydrogens (tertiary/aromatic N) is 1. The quantitative estimate of drug-likeness (QED) is 0.801. The lowest BCUT2D eigenvalue weighted by atomic mass is 10.2. The Bertz CT molecular complexity index is 593. The number of hydrogen-bond donors (Lipinski definition) is 2. The third-order valence-corrected chi connectivity index (χ3v) is 3.68. The van der Waals surface area contributed by atoms with Crippen molar-refractivity contribution in [1.82, 2.24) is 4.90 Å². The van der Waals surface area contributed by atoms with Crippen molar-refractivity contribution in [2.75, 3.05) is 24.6 Å². The Morgan fingerprint density at radius 2 is 1.75 bits per heavy atom. The second-order valence-electron chi connectivity index (χ2n) is 4.34. The maximum atomic E-state index is 11.6. The molecule has 0 aliphatic carbocycles. The summed E-state index contributed by atoms with van der Waals surface area (Å²) in [4.78, 5) is 23.4. The SMILES string of the molecule is CN(C)C(=O)c1ccc(NS(=O)(=O)CCC(=O)O)cc1. The van der Waals surface area contributed by atoms with Gasteiger partial charge in [0, 0.05) is 25.3 Å². The fourth-order valence-electron chi connectivity index (χ4n) is 1.39. The molecule has 0 saturated heterocycles. The van der Waals surface area contributed by atoms with Crippen molar-refractivity contribution >= 4 is 27.6 Å². The van der Waals surface area contributed by atoms with Crippen LogP contribution in [0.2, 0.25) is 0 Å². The molecule has 1 amide bonds. The maximum absolute atomic E-state index is 11.6. The van der Waals surface area contributed by atoms with E-state index in [1.807, 2.05) is 0 Å². The molecule has 0 atom stereocenters. The van der Waals surface area contributed by atoms with Gasteiger partial charge >= 0.3 is 5.97 Å². The summed E-state index contributed by atoms with van der Waals surface area (Å²) in [5, 5.41) is 8.46. The Hall–Kier alpha value is -2.09. The number of hydrogen-bond acceptors (Lipinski definition) is 4. The molecule has 1 aromatic carbocycles. The minimum absolute atomic E-state index is 0.190. The van der Waals surface area contributed by atoms with Crippen molar-refractivity contribution in [1.29, 1.82) is 0 Å². The van der Waals surface area contributed by atoms with E-state index in [2.05, 4.69) is 4.72 Å². The van der Waals surface area contributed by atoms with Crippen LogP contribution in [0.5, 0.6) is 0 Å². The van der Waals surface area contributed by atoms with Gasteiger partial charge in [-0.3, -0.25) is 14.3 Å². The summed E-state index contributed by atoms with van der Waals surface area (Å²) in [6, 6.07) is 5.90. The van der Waals surface area contributed by atoms with Crippen molar-refractivity contribution in [3.63, 3.8) is 0 Å². The predicted molar refractivity (Wildman–Crippen MR) is 74.1 cm³/mol. The molecule has 20 heavy (non-hydrogen) atoms. The van der Waals surface area contributed by atoms with Gasteiger partial charge in [-0.15, -0.1) is 0 Å². The lowest BCUT2D eigenvalue weighted by Crippen LogP contribution is -2.22. The number of anilines is 1. The Morgan fingerprint density at radius 1 is 1.20 bits per heavy atom. The van der Waals surface area contributed by atoms with E-state index < -0.39 is 28.2 Å². The van der Waals surface area contributed by atoms with Gasteiger partial charge in [0.15, 0.2) is 0 Å². The fraction of sp³-hybridized carbons (Fsp3) is 0.333. The summed E-state index contributed by atoms with van der Waals surface area (Å²) >= 11 is 0. The topological polar surface area (TPSA) is 104 Å². The Balaban J connectivity index is 2.75. The molecule has 0 spiro atoms. The predicted octanol–water partition coefficient (Wildman–Crippen LogP) is 0.605. The minimum Gasteiger partial charge on any atom is -0.481 e. The molecule has 0 unspecified atom stereocenters. The van der Waals surface area contributed by atoms with Crippen molar-refractivity contribution in [2.45, 2.75) is 6.42 Å². The van der Waals surface area contributed by atoms with Crippen LogP contribution in [0.25, 0.3) is 0 Å². The molecule has 0 fully saturated rings. The summed E-state index contributed by atoms with van der Waals surface area (Å²) in [7, 11) is -0.473. The first-order valence-corrected chi connectivity index (χ1v) is 7.40. The van der Waals surface area contributed by atoms with Crippen molar-refractivity contribution in [2.24, 2.45) is 0 Å². The first-order chi connectivity index (χ1) is 9.21. The van der Waals surface area contributed by atoms with Gasteiger partial charge < -0.3 is 10.0 Å². The largest absolute Gasteiger partial charge is 0.481 e. The van der Waals surface area contributed by atoms with Gasteiger partial charge in [0.2, 0.25) is 10.0 Å². The highest BCUT2D eigenvalue weighted by molar-refractivity contribution is 7.92. The van der Waals surface area contributed by atoms with E-state index in [-0.39, 0.29) is 11.6 Å². The number of rotatable bonds is 6. The third-order valence-electron chi connectivity index (χ3n) is 2.40. The summed E-state index contributed by atoms with van der Waals surface area (Å²) in [5.74, 6) is -1.87. The van der Waals surface area contributed by atoms with E-state index >= 15 is 0 Å². The van der Waals surface area contributed by atoms with Gasteiger partial charge in [-0.2, -0.15) is 0 Å². The molecule has 0 aromatic heterocycles. The summed E-state index contributed by atoms with van der Waals surface area (Å²) in [6.45, 7) is 0. The van der Waals surface area contributed by atoms with E-state index in [0.29, 0.717) is 5.56 Å². The van der Waals surface area contributed by atoms with Crippen LogP contribution in [-0.2, 0) is 14.8 Å². The van der Waals surface area contributed by atoms with Crippen LogP contribution in [0.15, 0.2) is 24.3 Å². The lowest BCUT2D eigenvalue weighted by molar-refractivity contribution is -0.136. The van der Waals surface area contributed by atoms with E-state index in [4.69, 9.17) is 5.11 Å². The van der Waals surface area contributed by atoms with Gasteiger partial charge in [-0.05, 0) is 24.3 Å². The number of carbonyl (C=O) groups excluding carboxylic acids is 1. The molecular weight excluding hydrogens is 284 g/mol. The van der Waals surface area contributed by atoms with Gasteiger partial charge in [0.25, 0.3) is 5.91 Å². The molecule has 0 heterocycles. The zero-order chi connectivity index (χ0) is 15.3. The first kappa shape index (κ1) is 16.0. The highest BCUT2D eigenvalue weighted by atomic mass is 32.2. The van der Waals surface area contributed by atoms with Gasteiger partial charge in [0.1, 0.15) is 0 Å². The number of carboxylic acids is 1. The van der Waals surface area contributed by atoms with E-state index in [9.17, 15) is 18.0 Å². The Labute approximate surface area is 117 Å². The summed E-state index contributed by atoms with van der Waals surface area (Å²) in [6.07, 6.45) is -0.466. The van der Waals surface area contributed by atoms with Gasteiger partial charge in [-0.25, -0.2) is 8.42 Å². The van der Waals surface area contributed by atoms with Crippen LogP contribution in [0.4, 0.5) is 5.69 Å². The van der Waals surface area contributed by atoms with Crippen LogP contribution in [0.3, 0.4) is 0 Å². The minimum atomic E-state index is -3.71. The number of nitrogens with one attached hydrogen (secondary N) is 1. The number of amides is 1. The number of benzene rings is 1. The van der Waals surface area contributed by atoms with Crippen LogP contribution in [0.1, 0.15) is 16.8 Å². The van der Waals surface area contributed by atoms with Crippen LogP contribution in [-0.4, -0.2) is 50.1 Å². The van der Waals surface area contributed by atoms with Gasteiger partial charge in [0.05, 0.1) is 12.2 Å². The smallest absolute Gasteiger partial charge is 0.304 e. The lowest BCUT2D eigenvalue weighted by Gasteiger charge is -2.11. The van der Waals surface area contributed by atoms with Crippen LogP contribution in [0, 0.1) is 0 Å². The number of sulfonamides is 1. The second-order valence-corrected chi connectivity index (χ2v) is 6.18. The summed E-state index contributed by atoms with van der Waals surface area (Å²) < 4.78 is 25.4. The Kier molecular flexibility index (Phi) is 5.09.